The molecule has 2 fully saturated rings. The van der Waals surface area contributed by atoms with Gasteiger partial charge in [-0.15, -0.1) is 0 Å². The van der Waals surface area contributed by atoms with Crippen LogP contribution in [0.25, 0.3) is 5.57 Å². The van der Waals surface area contributed by atoms with Crippen molar-refractivity contribution in [3.63, 3.8) is 0 Å². The van der Waals surface area contributed by atoms with Gasteiger partial charge in [-0.2, -0.15) is 13.2 Å². The molecule has 14 heteroatoms. The van der Waals surface area contributed by atoms with Crippen LogP contribution in [0.15, 0.2) is 66.9 Å². The second-order valence-electron chi connectivity index (χ2n) is 12.9. The van der Waals surface area contributed by atoms with E-state index in [2.05, 4.69) is 4.98 Å². The van der Waals surface area contributed by atoms with E-state index in [0.717, 1.165) is 23.4 Å². The van der Waals surface area contributed by atoms with E-state index in [1.807, 2.05) is 28.0 Å². The number of alkyl halides is 3. The number of hydrogen-bond acceptors (Lipinski definition) is 9. The van der Waals surface area contributed by atoms with Gasteiger partial charge in [0.15, 0.2) is 5.90 Å². The van der Waals surface area contributed by atoms with Gasteiger partial charge in [0.25, 0.3) is 0 Å². The summed E-state index contributed by atoms with van der Waals surface area (Å²) < 4.78 is 44.8. The van der Waals surface area contributed by atoms with Gasteiger partial charge in [0.05, 0.1) is 17.7 Å². The third kappa shape index (κ3) is 7.01. The molecule has 3 aliphatic heterocycles. The lowest BCUT2D eigenvalue weighted by molar-refractivity contribution is -0.141. The van der Waals surface area contributed by atoms with Gasteiger partial charge < -0.3 is 20.3 Å². The number of pyridine rings is 1. The number of rotatable bonds is 7. The van der Waals surface area contributed by atoms with Crippen LogP contribution in [0.3, 0.4) is 0 Å². The average Bonchev–Trinajstić information content (AvgIpc) is 3.65. The second kappa shape index (κ2) is 13.5. The van der Waals surface area contributed by atoms with Crippen LogP contribution in [0.5, 0.6) is 0 Å². The number of anilines is 2. The maximum absolute atomic E-state index is 13.9. The van der Waals surface area contributed by atoms with E-state index in [4.69, 9.17) is 26.7 Å². The number of nitrogens with two attached hydrogens (primary N) is 1. The molecule has 0 saturated carbocycles. The highest BCUT2D eigenvalue weighted by atomic mass is 19.4. The molecule has 0 radical (unpaired) electrons. The van der Waals surface area contributed by atoms with Crippen LogP contribution in [0.1, 0.15) is 54.1 Å². The fourth-order valence-electron chi connectivity index (χ4n) is 6.86. The number of carbonyl (C=O) groups excluding carboxylic acids is 2. The van der Waals surface area contributed by atoms with Gasteiger partial charge in [-0.1, -0.05) is 18.2 Å². The number of hydrogen-bond donors (Lipinski definition) is 4. The van der Waals surface area contributed by atoms with Crippen LogP contribution in [0.4, 0.5) is 24.5 Å². The first-order chi connectivity index (χ1) is 23.7. The Morgan fingerprint density at radius 1 is 1.00 bits per heavy atom. The second-order valence-corrected chi connectivity index (χ2v) is 12.9. The number of amides is 2. The van der Waals surface area contributed by atoms with Gasteiger partial charge in [-0.3, -0.25) is 35.7 Å². The summed E-state index contributed by atoms with van der Waals surface area (Å²) >= 11 is 0. The molecule has 4 heterocycles. The quantitative estimate of drug-likeness (QED) is 0.152. The third-order valence-electron chi connectivity index (χ3n) is 9.60. The Morgan fingerprint density at radius 2 is 1.74 bits per heavy atom. The van der Waals surface area contributed by atoms with Crippen molar-refractivity contribution in [1.29, 1.82) is 16.2 Å². The molecule has 5 N–H and O–H groups in total. The highest BCUT2D eigenvalue weighted by Crippen LogP contribution is 2.43. The number of nitrogens with zero attached hydrogens (tertiary/aromatic N) is 4. The van der Waals surface area contributed by atoms with Gasteiger partial charge in [0, 0.05) is 67.4 Å². The van der Waals surface area contributed by atoms with Crippen molar-refractivity contribution in [2.75, 3.05) is 49.9 Å². The van der Waals surface area contributed by atoms with E-state index < -0.39 is 17.3 Å². The molecule has 1 atom stereocenters. The van der Waals surface area contributed by atoms with E-state index in [1.165, 1.54) is 13.0 Å². The van der Waals surface area contributed by atoms with Crippen LogP contribution in [0, 0.1) is 21.6 Å². The summed E-state index contributed by atoms with van der Waals surface area (Å²) in [5.74, 6) is -0.218. The number of benzene rings is 2. The van der Waals surface area contributed by atoms with Crippen LogP contribution in [-0.4, -0.2) is 83.4 Å². The molecule has 0 bridgehead atoms. The number of nitrogens with one attached hydrogen (secondary N) is 3. The van der Waals surface area contributed by atoms with Crippen molar-refractivity contribution in [1.82, 2.24) is 14.8 Å². The summed E-state index contributed by atoms with van der Waals surface area (Å²) in [5, 5.41) is 24.0. The number of ether oxygens (including phenoxy) is 1. The first-order valence-corrected chi connectivity index (χ1v) is 16.2. The van der Waals surface area contributed by atoms with E-state index in [0.29, 0.717) is 63.2 Å². The van der Waals surface area contributed by atoms with E-state index in [1.54, 1.807) is 35.2 Å². The highest BCUT2D eigenvalue weighted by molar-refractivity contribution is 6.15. The van der Waals surface area contributed by atoms with E-state index in [9.17, 15) is 22.8 Å². The lowest BCUT2D eigenvalue weighted by Crippen LogP contribution is -2.43. The SMILES string of the molecule is CC(=N)OC(=N)c1ccc(C2=CCN(C(=O)CN3CC[C@]4(CCN(c5ccc(N)c(C(=N)c6ccnc(C(F)(F)F)c6)c5)C4=O)C3)CC2)cc1. The summed E-state index contributed by atoms with van der Waals surface area (Å²) in [6.07, 6.45) is 0.259. The molecule has 2 saturated heterocycles. The Morgan fingerprint density at radius 3 is 2.42 bits per heavy atom. The van der Waals surface area contributed by atoms with Crippen molar-refractivity contribution in [3.8, 4) is 0 Å². The van der Waals surface area contributed by atoms with Gasteiger partial charge in [0.2, 0.25) is 17.7 Å². The molecule has 0 unspecified atom stereocenters. The van der Waals surface area contributed by atoms with Gasteiger partial charge in [-0.05, 0) is 79.4 Å². The monoisotopic (exact) mass is 686 g/mol. The van der Waals surface area contributed by atoms with Gasteiger partial charge >= 0.3 is 6.18 Å². The smallest absolute Gasteiger partial charge is 0.426 e. The lowest BCUT2D eigenvalue weighted by atomic mass is 9.85. The van der Waals surface area contributed by atoms with Crippen LogP contribution in [-0.2, 0) is 20.5 Å². The van der Waals surface area contributed by atoms with Crippen molar-refractivity contribution in [2.24, 2.45) is 5.41 Å². The minimum Gasteiger partial charge on any atom is -0.426 e. The fourth-order valence-corrected chi connectivity index (χ4v) is 6.86. The standard InChI is InChI=1S/C36H37F3N8O3/c1-22(40)50-33(43)25-4-2-23(3-5-25)24-9-14-46(15-10-24)31(48)20-45-16-11-35(21-45)12-17-47(34(35)49)27-6-7-29(41)28(19-27)32(42)26-8-13-44-30(18-26)36(37,38)39/h2-9,13,18-19,40,42-43H,10-12,14-17,20-21,41H2,1H3/t35-/m0/s1. The topological polar surface area (TPSA) is 164 Å². The first-order valence-electron chi connectivity index (χ1n) is 16.2. The molecule has 2 amide bonds. The highest BCUT2D eigenvalue weighted by Gasteiger charge is 2.51. The molecule has 0 aliphatic carbocycles. The lowest BCUT2D eigenvalue weighted by Gasteiger charge is -2.29. The largest absolute Gasteiger partial charge is 0.433 e. The maximum atomic E-state index is 13.9. The Hall–Kier alpha value is -5.37. The molecule has 260 valence electrons. The maximum Gasteiger partial charge on any atom is 0.433 e. The van der Waals surface area contributed by atoms with Crippen LogP contribution >= 0.6 is 0 Å². The zero-order chi connectivity index (χ0) is 35.8. The predicted molar refractivity (Wildman–Crippen MR) is 183 cm³/mol. The first kappa shape index (κ1) is 34.5. The molecule has 1 aromatic heterocycles. The molecule has 11 nitrogen and oxygen atoms in total. The average molecular weight is 687 g/mol. The van der Waals surface area contributed by atoms with E-state index in [-0.39, 0.29) is 52.7 Å². The summed E-state index contributed by atoms with van der Waals surface area (Å²) in [5.41, 5.74) is 7.82. The molecule has 1 spiro atoms. The minimum absolute atomic E-state index is 0.00547. The Bertz CT molecular complexity index is 1910. The Kier molecular flexibility index (Phi) is 9.31. The molecule has 50 heavy (non-hydrogen) atoms. The number of likely N-dealkylation sites (tertiary alicyclic amines) is 1. The van der Waals surface area contributed by atoms with Crippen molar-refractivity contribution in [2.45, 2.75) is 32.4 Å². The fraction of sp³-hybridized carbons (Fsp3) is 0.333. The third-order valence-corrected chi connectivity index (χ3v) is 9.60. The Labute approximate surface area is 287 Å². The summed E-state index contributed by atoms with van der Waals surface area (Å²) in [7, 11) is 0. The number of halogens is 3. The van der Waals surface area contributed by atoms with Crippen molar-refractivity contribution >= 4 is 46.3 Å². The molecular formula is C36H37F3N8O3. The van der Waals surface area contributed by atoms with Crippen molar-refractivity contribution < 1.29 is 27.5 Å². The summed E-state index contributed by atoms with van der Waals surface area (Å²) in [6.45, 7) is 4.19. The number of nitrogen functional groups attached to an aromatic ring is 1. The summed E-state index contributed by atoms with van der Waals surface area (Å²) in [4.78, 5) is 36.0. The normalized spacial score (nSPS) is 19.5. The molecule has 3 aromatic rings. The van der Waals surface area contributed by atoms with Gasteiger partial charge in [-0.25, -0.2) is 0 Å². The van der Waals surface area contributed by atoms with Crippen LogP contribution in [0.2, 0.25) is 0 Å². The van der Waals surface area contributed by atoms with Gasteiger partial charge in [0.1, 0.15) is 5.69 Å². The van der Waals surface area contributed by atoms with E-state index >= 15 is 0 Å². The minimum atomic E-state index is -4.66. The zero-order valence-corrected chi connectivity index (χ0v) is 27.4. The van der Waals surface area contributed by atoms with Crippen molar-refractivity contribution in [3.05, 3.63) is 94.8 Å². The molecule has 2 aromatic carbocycles. The molecule has 6 rings (SSSR count). The summed E-state index contributed by atoms with van der Waals surface area (Å²) in [6, 6.07) is 14.3. The Balaban J connectivity index is 1.06. The molecular weight excluding hydrogens is 649 g/mol. The van der Waals surface area contributed by atoms with Crippen LogP contribution < -0.4 is 10.6 Å². The molecule has 3 aliphatic rings. The number of carbonyl (C=O) groups is 2. The number of aromatic nitrogens is 1. The zero-order valence-electron chi connectivity index (χ0n) is 27.4. The predicted octanol–water partition coefficient (Wildman–Crippen LogP) is 5.18.